The fraction of sp³-hybridized carbons (Fsp3) is 0.100. The standard InChI is InChI=1S/C20H16F3N3S/c1-15-7-9-16(10-8-15)24-19(12-14-27-17-5-3-2-4-6-17)26-13-11-18(25-26)20(21,22)23/h2-14H,1H3. The Bertz CT molecular complexity index is 943. The molecule has 0 N–H and O–H groups in total. The molecule has 0 spiro atoms. The highest BCUT2D eigenvalue weighted by molar-refractivity contribution is 8.02. The lowest BCUT2D eigenvalue weighted by Gasteiger charge is -2.04. The van der Waals surface area contributed by atoms with Crippen LogP contribution >= 0.6 is 11.8 Å². The molecule has 0 fully saturated rings. The summed E-state index contributed by atoms with van der Waals surface area (Å²) in [6.07, 6.45) is -1.60. The van der Waals surface area contributed by atoms with Crippen LogP contribution in [0.3, 0.4) is 0 Å². The Balaban J connectivity index is 1.91. The van der Waals surface area contributed by atoms with E-state index < -0.39 is 11.9 Å². The minimum atomic E-state index is -4.50. The topological polar surface area (TPSA) is 30.2 Å². The van der Waals surface area contributed by atoms with Crippen LogP contribution < -0.4 is 0 Å². The molecule has 1 heterocycles. The van der Waals surface area contributed by atoms with Gasteiger partial charge >= 0.3 is 6.18 Å². The third-order valence-electron chi connectivity index (χ3n) is 3.56. The van der Waals surface area contributed by atoms with Crippen LogP contribution in [0.2, 0.25) is 0 Å². The van der Waals surface area contributed by atoms with E-state index in [1.54, 1.807) is 11.5 Å². The van der Waals surface area contributed by atoms with Gasteiger partial charge in [0.25, 0.3) is 0 Å². The molecule has 0 amide bonds. The summed E-state index contributed by atoms with van der Waals surface area (Å²) in [5.41, 5.74) is 0.751. The minimum absolute atomic E-state index is 0.290. The van der Waals surface area contributed by atoms with Gasteiger partial charge in [0.1, 0.15) is 0 Å². The number of alkyl halides is 3. The smallest absolute Gasteiger partial charge is 0.229 e. The van der Waals surface area contributed by atoms with Gasteiger partial charge in [0.05, 0.1) is 5.69 Å². The second-order valence-corrected chi connectivity index (χ2v) is 6.66. The van der Waals surface area contributed by atoms with Crippen LogP contribution in [0, 0.1) is 6.92 Å². The van der Waals surface area contributed by atoms with Gasteiger partial charge in [0, 0.05) is 11.1 Å². The van der Waals surface area contributed by atoms with Gasteiger partial charge in [-0.05, 0) is 48.7 Å². The minimum Gasteiger partial charge on any atom is -0.229 e. The lowest BCUT2D eigenvalue weighted by atomic mass is 10.2. The highest BCUT2D eigenvalue weighted by atomic mass is 32.2. The van der Waals surface area contributed by atoms with E-state index in [4.69, 9.17) is 0 Å². The van der Waals surface area contributed by atoms with Crippen LogP contribution in [0.5, 0.6) is 0 Å². The molecule has 0 saturated carbocycles. The van der Waals surface area contributed by atoms with Crippen molar-refractivity contribution in [1.82, 2.24) is 9.78 Å². The zero-order valence-electron chi connectivity index (χ0n) is 14.4. The number of benzene rings is 2. The monoisotopic (exact) mass is 387 g/mol. The molecular formula is C20H16F3N3S. The SMILES string of the molecule is Cc1ccc(N=C(C=CSc2ccccc2)n2ccc(C(F)(F)F)n2)cc1. The highest BCUT2D eigenvalue weighted by Crippen LogP contribution is 2.27. The Kier molecular flexibility index (Phi) is 5.81. The molecule has 0 bridgehead atoms. The van der Waals surface area contributed by atoms with Crippen LogP contribution in [0.4, 0.5) is 18.9 Å². The average molecular weight is 387 g/mol. The summed E-state index contributed by atoms with van der Waals surface area (Å²) in [6.45, 7) is 1.95. The molecule has 1 aromatic heterocycles. The maximum atomic E-state index is 12.9. The first-order valence-corrected chi connectivity index (χ1v) is 8.97. The van der Waals surface area contributed by atoms with Crippen molar-refractivity contribution in [3.8, 4) is 0 Å². The number of hydrogen-bond acceptors (Lipinski definition) is 3. The molecule has 2 aromatic carbocycles. The predicted octanol–water partition coefficient (Wildman–Crippen LogP) is 6.09. The van der Waals surface area contributed by atoms with Gasteiger partial charge in [-0.25, -0.2) is 9.67 Å². The van der Waals surface area contributed by atoms with Crippen molar-refractivity contribution in [2.24, 2.45) is 4.99 Å². The fourth-order valence-electron chi connectivity index (χ4n) is 2.19. The number of halogens is 3. The summed E-state index contributed by atoms with van der Waals surface area (Å²) in [6, 6.07) is 18.0. The number of allylic oxidation sites excluding steroid dienone is 1. The molecule has 0 aliphatic rings. The highest BCUT2D eigenvalue weighted by Gasteiger charge is 2.33. The molecule has 3 nitrogen and oxygen atoms in total. The Morgan fingerprint density at radius 3 is 2.37 bits per heavy atom. The molecule has 3 aromatic rings. The zero-order chi connectivity index (χ0) is 19.3. The third-order valence-corrected chi connectivity index (χ3v) is 4.37. The lowest BCUT2D eigenvalue weighted by Crippen LogP contribution is -2.13. The van der Waals surface area contributed by atoms with Crippen LogP contribution in [-0.2, 0) is 6.18 Å². The van der Waals surface area contributed by atoms with Gasteiger partial charge in [-0.15, -0.1) is 0 Å². The number of aryl methyl sites for hydroxylation is 1. The maximum Gasteiger partial charge on any atom is 0.435 e. The quantitative estimate of drug-likeness (QED) is 0.308. The van der Waals surface area contributed by atoms with E-state index in [1.165, 1.54) is 18.0 Å². The second-order valence-electron chi connectivity index (χ2n) is 5.68. The Morgan fingerprint density at radius 2 is 1.74 bits per heavy atom. The summed E-state index contributed by atoms with van der Waals surface area (Å²) in [5, 5.41) is 5.40. The van der Waals surface area contributed by atoms with Gasteiger partial charge in [0.15, 0.2) is 11.5 Å². The van der Waals surface area contributed by atoms with Crippen LogP contribution in [0.25, 0.3) is 0 Å². The number of aromatic nitrogens is 2. The normalized spacial score (nSPS) is 12.7. The zero-order valence-corrected chi connectivity index (χ0v) is 15.2. The maximum absolute atomic E-state index is 12.9. The Morgan fingerprint density at radius 1 is 1.04 bits per heavy atom. The van der Waals surface area contributed by atoms with E-state index in [-0.39, 0.29) is 5.84 Å². The predicted molar refractivity (Wildman–Crippen MR) is 102 cm³/mol. The molecule has 0 saturated heterocycles. The van der Waals surface area contributed by atoms with Crippen LogP contribution in [0.15, 0.2) is 88.2 Å². The average Bonchev–Trinajstić information content (AvgIpc) is 3.14. The van der Waals surface area contributed by atoms with Gasteiger partial charge < -0.3 is 0 Å². The van der Waals surface area contributed by atoms with E-state index in [0.29, 0.717) is 5.69 Å². The number of hydrogen-bond donors (Lipinski definition) is 0. The molecule has 3 rings (SSSR count). The Labute approximate surface area is 159 Å². The number of nitrogens with zero attached hydrogens (tertiary/aromatic N) is 3. The summed E-state index contributed by atoms with van der Waals surface area (Å²) in [4.78, 5) is 5.46. The first kappa shape index (κ1) is 19.0. The summed E-state index contributed by atoms with van der Waals surface area (Å²) in [7, 11) is 0. The molecule has 0 radical (unpaired) electrons. The van der Waals surface area contributed by atoms with Crippen molar-refractivity contribution in [2.75, 3.05) is 0 Å². The first-order chi connectivity index (χ1) is 12.9. The van der Waals surface area contributed by atoms with E-state index in [0.717, 1.165) is 21.2 Å². The van der Waals surface area contributed by atoms with Gasteiger partial charge in [0.2, 0.25) is 0 Å². The van der Waals surface area contributed by atoms with Crippen LogP contribution in [-0.4, -0.2) is 15.6 Å². The van der Waals surface area contributed by atoms with Gasteiger partial charge in [-0.2, -0.15) is 18.3 Å². The number of aliphatic imine (C=N–C) groups is 1. The second kappa shape index (κ2) is 8.26. The van der Waals surface area contributed by atoms with E-state index in [9.17, 15) is 13.2 Å². The van der Waals surface area contributed by atoms with Crippen molar-refractivity contribution in [3.63, 3.8) is 0 Å². The Hall–Kier alpha value is -2.80. The molecule has 27 heavy (non-hydrogen) atoms. The van der Waals surface area contributed by atoms with E-state index >= 15 is 0 Å². The van der Waals surface area contributed by atoms with Crippen LogP contribution in [0.1, 0.15) is 11.3 Å². The third kappa shape index (κ3) is 5.34. The molecule has 0 unspecified atom stereocenters. The molecule has 7 heteroatoms. The number of thioether (sulfide) groups is 1. The molecule has 138 valence electrons. The fourth-order valence-corrected chi connectivity index (χ4v) is 2.85. The molecule has 0 aliphatic heterocycles. The number of rotatable bonds is 4. The summed E-state index contributed by atoms with van der Waals surface area (Å²) >= 11 is 1.44. The molecule has 0 aliphatic carbocycles. The van der Waals surface area contributed by atoms with Crippen molar-refractivity contribution < 1.29 is 13.2 Å². The lowest BCUT2D eigenvalue weighted by molar-refractivity contribution is -0.141. The summed E-state index contributed by atoms with van der Waals surface area (Å²) < 4.78 is 39.7. The van der Waals surface area contributed by atoms with Crippen molar-refractivity contribution in [2.45, 2.75) is 18.0 Å². The van der Waals surface area contributed by atoms with Gasteiger partial charge in [-0.3, -0.25) is 0 Å². The van der Waals surface area contributed by atoms with Crippen molar-refractivity contribution in [3.05, 3.63) is 89.6 Å². The summed E-state index contributed by atoms with van der Waals surface area (Å²) in [5.74, 6) is 0.290. The van der Waals surface area contributed by atoms with E-state index in [2.05, 4.69) is 10.1 Å². The van der Waals surface area contributed by atoms with Crippen molar-refractivity contribution in [1.29, 1.82) is 0 Å². The first-order valence-electron chi connectivity index (χ1n) is 8.09. The molecule has 0 atom stereocenters. The largest absolute Gasteiger partial charge is 0.435 e. The van der Waals surface area contributed by atoms with Gasteiger partial charge in [-0.1, -0.05) is 47.7 Å². The van der Waals surface area contributed by atoms with E-state index in [1.807, 2.05) is 61.5 Å². The molecular weight excluding hydrogens is 371 g/mol. The van der Waals surface area contributed by atoms with Crippen molar-refractivity contribution >= 4 is 23.3 Å².